The topological polar surface area (TPSA) is 34.4 Å². The van der Waals surface area contributed by atoms with Crippen molar-refractivity contribution >= 4 is 37.2 Å². The van der Waals surface area contributed by atoms with Crippen molar-refractivity contribution in [3.8, 4) is 27.9 Å². The van der Waals surface area contributed by atoms with E-state index in [1.54, 1.807) is 0 Å². The highest BCUT2D eigenvalue weighted by Crippen LogP contribution is 2.45. The molecule has 0 radical (unpaired) electrons. The Morgan fingerprint density at radius 1 is 0.525 bits per heavy atom. The van der Waals surface area contributed by atoms with Gasteiger partial charge in [0.05, 0.1) is 26.5 Å². The quantitative estimate of drug-likeness (QED) is 0.223. The highest BCUT2D eigenvalue weighted by molar-refractivity contribution is 7.94. The summed E-state index contributed by atoms with van der Waals surface area (Å²) >= 11 is 0. The molecule has 190 valence electrons. The zero-order valence-corrected chi connectivity index (χ0v) is 22.4. The van der Waals surface area contributed by atoms with Gasteiger partial charge in [-0.25, -0.2) is 4.21 Å². The number of fused-ring (bicyclic) bond motifs is 6. The third-order valence-corrected chi connectivity index (χ3v) is 10.1. The van der Waals surface area contributed by atoms with Crippen molar-refractivity contribution in [1.82, 2.24) is 4.57 Å². The van der Waals surface area contributed by atoms with Crippen LogP contribution < -0.4 is 0 Å². The van der Waals surface area contributed by atoms with Crippen molar-refractivity contribution in [2.24, 2.45) is 4.36 Å². The van der Waals surface area contributed by atoms with Crippen LogP contribution in [-0.4, -0.2) is 8.78 Å². The Kier molecular flexibility index (Phi) is 5.06. The van der Waals surface area contributed by atoms with Crippen molar-refractivity contribution < 1.29 is 4.21 Å². The average Bonchev–Trinajstić information content (AvgIpc) is 3.35. The summed E-state index contributed by atoms with van der Waals surface area (Å²) in [6.07, 6.45) is 0. The average molecular weight is 533 g/mol. The zero-order valence-electron chi connectivity index (χ0n) is 21.6. The third-order valence-electron chi connectivity index (χ3n) is 7.78. The van der Waals surface area contributed by atoms with Gasteiger partial charge < -0.3 is 4.57 Å². The van der Waals surface area contributed by atoms with Gasteiger partial charge in [0.2, 0.25) is 0 Å². The fraction of sp³-hybridized carbons (Fsp3) is 0. The molecule has 40 heavy (non-hydrogen) atoms. The number of nitrogens with zero attached hydrogens (tertiary/aromatic N) is 2. The lowest BCUT2D eigenvalue weighted by Crippen LogP contribution is -2.07. The Morgan fingerprint density at radius 2 is 1.18 bits per heavy atom. The second kappa shape index (κ2) is 8.80. The van der Waals surface area contributed by atoms with Gasteiger partial charge >= 0.3 is 0 Å². The lowest BCUT2D eigenvalue weighted by atomic mass is 9.97. The highest BCUT2D eigenvalue weighted by Gasteiger charge is 2.27. The molecule has 1 aromatic heterocycles. The summed E-state index contributed by atoms with van der Waals surface area (Å²) in [5, 5.41) is 2.43. The molecule has 0 N–H and O–H groups in total. The van der Waals surface area contributed by atoms with Gasteiger partial charge in [0.25, 0.3) is 0 Å². The maximum absolute atomic E-state index is 14.5. The van der Waals surface area contributed by atoms with Crippen LogP contribution in [0.25, 0.3) is 49.7 Å². The van der Waals surface area contributed by atoms with E-state index in [0.717, 1.165) is 43.4 Å². The Morgan fingerprint density at radius 3 is 2.02 bits per heavy atom. The summed E-state index contributed by atoms with van der Waals surface area (Å²) < 4.78 is 21.7. The molecule has 3 nitrogen and oxygen atoms in total. The minimum Gasteiger partial charge on any atom is -0.309 e. The Labute approximate surface area is 233 Å². The number of rotatable bonds is 3. The zero-order chi connectivity index (χ0) is 26.7. The first kappa shape index (κ1) is 23.0. The number of hydrogen-bond donors (Lipinski definition) is 0. The molecular weight excluding hydrogens is 508 g/mol. The molecule has 0 bridgehead atoms. The van der Waals surface area contributed by atoms with Gasteiger partial charge in [0.15, 0.2) is 0 Å². The van der Waals surface area contributed by atoms with E-state index in [9.17, 15) is 4.21 Å². The van der Waals surface area contributed by atoms with Gasteiger partial charge in [-0.1, -0.05) is 84.9 Å². The molecule has 4 heteroatoms. The summed E-state index contributed by atoms with van der Waals surface area (Å²) in [5.74, 6) is 0. The predicted molar refractivity (Wildman–Crippen MR) is 165 cm³/mol. The molecule has 2 heterocycles. The monoisotopic (exact) mass is 532 g/mol. The molecule has 7 aromatic rings. The Hall–Kier alpha value is -4.93. The van der Waals surface area contributed by atoms with Crippen LogP contribution in [0.4, 0.5) is 5.69 Å². The van der Waals surface area contributed by atoms with E-state index in [2.05, 4.69) is 89.5 Å². The van der Waals surface area contributed by atoms with E-state index >= 15 is 0 Å². The SMILES string of the molecule is O=S1(c2ccccc2)=Nc2ccccc2-c2cc(-c3ccc4c(c3)c3ccccc3n4-c3ccccc3)ccc21. The van der Waals surface area contributed by atoms with Gasteiger partial charge in [-0.05, 0) is 71.8 Å². The molecule has 0 aliphatic carbocycles. The molecule has 0 amide bonds. The summed E-state index contributed by atoms with van der Waals surface area (Å²) in [4.78, 5) is 1.50. The molecule has 1 atom stereocenters. The van der Waals surface area contributed by atoms with E-state index < -0.39 is 9.73 Å². The molecule has 1 unspecified atom stereocenters. The number of aromatic nitrogens is 1. The van der Waals surface area contributed by atoms with Gasteiger partial charge in [-0.15, -0.1) is 0 Å². The lowest BCUT2D eigenvalue weighted by molar-refractivity contribution is 0.676. The fourth-order valence-electron chi connectivity index (χ4n) is 5.92. The molecule has 0 saturated heterocycles. The summed E-state index contributed by atoms with van der Waals surface area (Å²) in [5.41, 5.74) is 8.46. The summed E-state index contributed by atoms with van der Waals surface area (Å²) in [7, 11) is -2.81. The first-order valence-corrected chi connectivity index (χ1v) is 14.9. The fourth-order valence-corrected chi connectivity index (χ4v) is 8.06. The first-order valence-electron chi connectivity index (χ1n) is 13.4. The minimum atomic E-state index is -2.81. The van der Waals surface area contributed by atoms with Crippen molar-refractivity contribution in [2.45, 2.75) is 9.79 Å². The minimum absolute atomic E-state index is 0.730. The first-order chi connectivity index (χ1) is 19.7. The number of hydrogen-bond acceptors (Lipinski definition) is 2. The van der Waals surface area contributed by atoms with Crippen LogP contribution in [0.1, 0.15) is 0 Å². The highest BCUT2D eigenvalue weighted by atomic mass is 32.2. The van der Waals surface area contributed by atoms with Gasteiger partial charge in [0, 0.05) is 27.6 Å². The third kappa shape index (κ3) is 3.40. The number of benzene rings is 6. The van der Waals surface area contributed by atoms with Crippen molar-refractivity contribution in [2.75, 3.05) is 0 Å². The summed E-state index contributed by atoms with van der Waals surface area (Å²) in [6.45, 7) is 0. The molecule has 1 aliphatic heterocycles. The maximum atomic E-state index is 14.5. The van der Waals surface area contributed by atoms with Crippen LogP contribution in [0.2, 0.25) is 0 Å². The smallest absolute Gasteiger partial charge is 0.109 e. The molecule has 6 aromatic carbocycles. The van der Waals surface area contributed by atoms with Crippen LogP contribution in [-0.2, 0) is 9.73 Å². The normalized spacial score (nSPS) is 15.9. The Bertz CT molecular complexity index is 2210. The Balaban J connectivity index is 1.35. The maximum Gasteiger partial charge on any atom is 0.109 e. The molecule has 8 rings (SSSR count). The van der Waals surface area contributed by atoms with Crippen molar-refractivity contribution in [3.63, 3.8) is 0 Å². The van der Waals surface area contributed by atoms with Gasteiger partial charge in [-0.3, -0.25) is 0 Å². The van der Waals surface area contributed by atoms with Gasteiger partial charge in [-0.2, -0.15) is 4.36 Å². The van der Waals surface area contributed by atoms with Crippen LogP contribution in [0.15, 0.2) is 160 Å². The standard InChI is InChI=1S/C36H24N2OS/c39-40(28-13-5-2-6-14-28)36-22-20-26(24-32(36)29-15-7-9-17-33(29)37-40)25-19-21-35-31(23-25)30-16-8-10-18-34(30)38(35)27-11-3-1-4-12-27/h1-24H. The van der Waals surface area contributed by atoms with E-state index in [0.29, 0.717) is 0 Å². The molecule has 0 spiro atoms. The van der Waals surface area contributed by atoms with E-state index in [4.69, 9.17) is 4.36 Å². The molecule has 0 fully saturated rings. The summed E-state index contributed by atoms with van der Waals surface area (Å²) in [6, 6.07) is 49.7. The largest absolute Gasteiger partial charge is 0.309 e. The van der Waals surface area contributed by atoms with E-state index in [1.165, 1.54) is 21.8 Å². The van der Waals surface area contributed by atoms with Crippen LogP contribution in [0.5, 0.6) is 0 Å². The van der Waals surface area contributed by atoms with Crippen LogP contribution in [0.3, 0.4) is 0 Å². The van der Waals surface area contributed by atoms with Crippen LogP contribution >= 0.6 is 0 Å². The number of para-hydroxylation sites is 2. The van der Waals surface area contributed by atoms with Crippen LogP contribution in [0, 0.1) is 0 Å². The second-order valence-corrected chi connectivity index (χ2v) is 12.2. The molecule has 0 saturated carbocycles. The van der Waals surface area contributed by atoms with E-state index in [-0.39, 0.29) is 0 Å². The second-order valence-electron chi connectivity index (χ2n) is 10.1. The molecule has 1 aliphatic rings. The van der Waals surface area contributed by atoms with Crippen molar-refractivity contribution in [1.29, 1.82) is 0 Å². The predicted octanol–water partition coefficient (Wildman–Crippen LogP) is 9.65. The van der Waals surface area contributed by atoms with Crippen molar-refractivity contribution in [3.05, 3.63) is 146 Å². The lowest BCUT2D eigenvalue weighted by Gasteiger charge is -2.22. The van der Waals surface area contributed by atoms with Gasteiger partial charge in [0.1, 0.15) is 9.73 Å². The molecular formula is C36H24N2OS. The van der Waals surface area contributed by atoms with E-state index in [1.807, 2.05) is 60.7 Å².